The van der Waals surface area contributed by atoms with Crippen LogP contribution in [0.4, 0.5) is 0 Å². The van der Waals surface area contributed by atoms with Gasteiger partial charge in [-0.25, -0.2) is 0 Å². The third-order valence-corrected chi connectivity index (χ3v) is 0.882. The highest BCUT2D eigenvalue weighted by atomic mass is 16.4. The van der Waals surface area contributed by atoms with E-state index in [4.69, 9.17) is 15.9 Å². The van der Waals surface area contributed by atoms with Crippen molar-refractivity contribution < 1.29 is 15.0 Å². The molecule has 0 aromatic rings. The molecule has 0 aliphatic carbocycles. The Bertz CT molecular complexity index is 142. The Morgan fingerprint density at radius 2 is 2.10 bits per heavy atom. The topological polar surface area (TPSA) is 83.5 Å². The van der Waals surface area contributed by atoms with Gasteiger partial charge in [0.05, 0.1) is 6.10 Å². The van der Waals surface area contributed by atoms with E-state index in [-0.39, 0.29) is 0 Å². The van der Waals surface area contributed by atoms with Crippen molar-refractivity contribution in [3.05, 3.63) is 12.2 Å². The third-order valence-electron chi connectivity index (χ3n) is 0.882. The summed E-state index contributed by atoms with van der Waals surface area (Å²) < 4.78 is 0. The summed E-state index contributed by atoms with van der Waals surface area (Å²) in [5.74, 6) is -1.10. The van der Waals surface area contributed by atoms with E-state index >= 15 is 0 Å². The molecule has 58 valence electrons. The van der Waals surface area contributed by atoms with Gasteiger partial charge < -0.3 is 15.9 Å². The van der Waals surface area contributed by atoms with Crippen LogP contribution in [0.15, 0.2) is 12.2 Å². The maximum Gasteiger partial charge on any atom is 0.324 e. The minimum absolute atomic E-state index is 0.648. The molecule has 4 heteroatoms. The summed E-state index contributed by atoms with van der Waals surface area (Å²) >= 11 is 0. The Balaban J connectivity index is 3.77. The number of carboxylic acid groups (broad SMARTS) is 1. The van der Waals surface area contributed by atoms with Crippen molar-refractivity contribution in [3.63, 3.8) is 0 Å². The Kier molecular flexibility index (Phi) is 3.68. The molecule has 0 aromatic heterocycles. The molecule has 2 unspecified atom stereocenters. The van der Waals surface area contributed by atoms with E-state index in [0.29, 0.717) is 0 Å². The lowest BCUT2D eigenvalue weighted by Crippen LogP contribution is -2.27. The highest BCUT2D eigenvalue weighted by Crippen LogP contribution is 1.86. The van der Waals surface area contributed by atoms with Crippen molar-refractivity contribution >= 4 is 5.97 Å². The van der Waals surface area contributed by atoms with Gasteiger partial charge in [0.25, 0.3) is 0 Å². The van der Waals surface area contributed by atoms with Crippen molar-refractivity contribution in [2.24, 2.45) is 5.73 Å². The van der Waals surface area contributed by atoms with Crippen LogP contribution >= 0.6 is 0 Å². The fourth-order valence-corrected chi connectivity index (χ4v) is 0.363. The minimum atomic E-state index is -1.10. The summed E-state index contributed by atoms with van der Waals surface area (Å²) in [7, 11) is 0. The van der Waals surface area contributed by atoms with E-state index in [0.717, 1.165) is 0 Å². The lowest BCUT2D eigenvalue weighted by atomic mass is 10.2. The lowest BCUT2D eigenvalue weighted by molar-refractivity contribution is -0.137. The number of carboxylic acids is 1. The number of nitrogens with two attached hydrogens (primary N) is 1. The van der Waals surface area contributed by atoms with Crippen LogP contribution in [-0.4, -0.2) is 28.3 Å². The molecule has 4 N–H and O–H groups in total. The van der Waals surface area contributed by atoms with Crippen LogP contribution in [0.3, 0.4) is 0 Å². The van der Waals surface area contributed by atoms with Gasteiger partial charge in [0, 0.05) is 0 Å². The lowest BCUT2D eigenvalue weighted by Gasteiger charge is -1.98. The Morgan fingerprint density at radius 3 is 2.40 bits per heavy atom. The zero-order valence-electron chi connectivity index (χ0n) is 5.69. The van der Waals surface area contributed by atoms with Gasteiger partial charge in [0.15, 0.2) is 0 Å². The molecule has 4 nitrogen and oxygen atoms in total. The van der Waals surface area contributed by atoms with Gasteiger partial charge in [-0.2, -0.15) is 0 Å². The predicted molar refractivity (Wildman–Crippen MR) is 36.4 cm³/mol. The van der Waals surface area contributed by atoms with Crippen molar-refractivity contribution in [1.29, 1.82) is 0 Å². The molecule has 0 bridgehead atoms. The van der Waals surface area contributed by atoms with E-state index in [1.807, 2.05) is 0 Å². The molecule has 0 saturated heterocycles. The maximum atomic E-state index is 10.1. The van der Waals surface area contributed by atoms with Crippen LogP contribution in [0.1, 0.15) is 6.92 Å². The van der Waals surface area contributed by atoms with Gasteiger partial charge in [-0.15, -0.1) is 0 Å². The number of hydrogen-bond donors (Lipinski definition) is 3. The number of rotatable bonds is 3. The summed E-state index contributed by atoms with van der Waals surface area (Å²) in [6.45, 7) is 1.52. The number of aliphatic hydroxyl groups excluding tert-OH is 1. The zero-order chi connectivity index (χ0) is 8.15. The van der Waals surface area contributed by atoms with Crippen LogP contribution in [0, 0.1) is 0 Å². The second-order valence-corrected chi connectivity index (χ2v) is 1.99. The fraction of sp³-hybridized carbons (Fsp3) is 0.500. The molecule has 0 aromatic carbocycles. The Hall–Kier alpha value is -0.870. The number of aliphatic carboxylic acids is 1. The van der Waals surface area contributed by atoms with E-state index < -0.39 is 18.1 Å². The first-order valence-electron chi connectivity index (χ1n) is 2.89. The molecular formula is C6H11NO3. The monoisotopic (exact) mass is 145 g/mol. The predicted octanol–water partition coefficient (Wildman–Crippen LogP) is -0.665. The number of carbonyl (C=O) groups is 1. The first-order chi connectivity index (χ1) is 4.54. The molecule has 0 rings (SSSR count). The smallest absolute Gasteiger partial charge is 0.324 e. The highest BCUT2D eigenvalue weighted by Gasteiger charge is 2.05. The molecule has 2 atom stereocenters. The molecule has 0 aliphatic heterocycles. The SMILES string of the molecule is CC(O)/C=C/C(N)C(=O)O. The van der Waals surface area contributed by atoms with Crippen LogP contribution in [0.2, 0.25) is 0 Å². The average Bonchev–Trinajstić information content (AvgIpc) is 1.82. The molecule has 0 heterocycles. The van der Waals surface area contributed by atoms with Gasteiger partial charge in [0.2, 0.25) is 0 Å². The Labute approximate surface area is 59.0 Å². The summed E-state index contributed by atoms with van der Waals surface area (Å²) in [4.78, 5) is 10.1. The van der Waals surface area contributed by atoms with Crippen molar-refractivity contribution in [3.8, 4) is 0 Å². The number of hydrogen-bond acceptors (Lipinski definition) is 3. The summed E-state index contributed by atoms with van der Waals surface area (Å²) in [5, 5.41) is 16.9. The third kappa shape index (κ3) is 4.05. The van der Waals surface area contributed by atoms with Crippen LogP contribution in [0.25, 0.3) is 0 Å². The van der Waals surface area contributed by atoms with Gasteiger partial charge in [-0.1, -0.05) is 12.2 Å². The minimum Gasteiger partial charge on any atom is -0.480 e. The van der Waals surface area contributed by atoms with Gasteiger partial charge >= 0.3 is 5.97 Å². The molecule has 0 spiro atoms. The second-order valence-electron chi connectivity index (χ2n) is 1.99. The first-order valence-corrected chi connectivity index (χ1v) is 2.89. The van der Waals surface area contributed by atoms with Gasteiger partial charge in [-0.05, 0) is 6.92 Å². The molecule has 0 fully saturated rings. The zero-order valence-corrected chi connectivity index (χ0v) is 5.69. The molecule has 0 amide bonds. The molecular weight excluding hydrogens is 134 g/mol. The molecule has 10 heavy (non-hydrogen) atoms. The fourth-order valence-electron chi connectivity index (χ4n) is 0.363. The summed E-state index contributed by atoms with van der Waals surface area (Å²) in [5.41, 5.74) is 5.07. The van der Waals surface area contributed by atoms with Gasteiger partial charge in [-0.3, -0.25) is 4.79 Å². The quantitative estimate of drug-likeness (QED) is 0.460. The molecule has 0 radical (unpaired) electrons. The van der Waals surface area contributed by atoms with Crippen molar-refractivity contribution in [2.75, 3.05) is 0 Å². The largest absolute Gasteiger partial charge is 0.480 e. The highest BCUT2D eigenvalue weighted by molar-refractivity contribution is 5.75. The second kappa shape index (κ2) is 4.03. The number of aliphatic hydroxyl groups is 1. The standard InChI is InChI=1S/C6H11NO3/c1-4(8)2-3-5(7)6(9)10/h2-5,8H,7H2,1H3,(H,9,10)/b3-2+. The van der Waals surface area contributed by atoms with Crippen molar-refractivity contribution in [2.45, 2.75) is 19.1 Å². The van der Waals surface area contributed by atoms with E-state index in [9.17, 15) is 4.79 Å². The van der Waals surface area contributed by atoms with Crippen LogP contribution in [0.5, 0.6) is 0 Å². The maximum absolute atomic E-state index is 10.1. The van der Waals surface area contributed by atoms with E-state index in [1.165, 1.54) is 19.1 Å². The van der Waals surface area contributed by atoms with E-state index in [1.54, 1.807) is 0 Å². The van der Waals surface area contributed by atoms with Crippen LogP contribution in [-0.2, 0) is 4.79 Å². The summed E-state index contributed by atoms with van der Waals surface area (Å²) in [6.07, 6.45) is 1.93. The normalized spacial score (nSPS) is 17.1. The van der Waals surface area contributed by atoms with E-state index in [2.05, 4.69) is 0 Å². The first kappa shape index (κ1) is 9.13. The van der Waals surface area contributed by atoms with Crippen LogP contribution < -0.4 is 5.73 Å². The average molecular weight is 145 g/mol. The molecule has 0 saturated carbocycles. The van der Waals surface area contributed by atoms with Crippen molar-refractivity contribution in [1.82, 2.24) is 0 Å². The Morgan fingerprint density at radius 1 is 1.60 bits per heavy atom. The van der Waals surface area contributed by atoms with Gasteiger partial charge in [0.1, 0.15) is 6.04 Å². The molecule has 0 aliphatic rings. The summed E-state index contributed by atoms with van der Waals surface area (Å²) in [6, 6.07) is -1.02.